The highest BCUT2D eigenvalue weighted by atomic mass is 16.6. The Hall–Kier alpha value is -3.22. The Morgan fingerprint density at radius 3 is 2.50 bits per heavy atom. The summed E-state index contributed by atoms with van der Waals surface area (Å²) in [6.45, 7) is 2.19. The average molecular weight is 386 g/mol. The van der Waals surface area contributed by atoms with Crippen LogP contribution in [0.15, 0.2) is 30.3 Å². The molecule has 0 N–H and O–H groups in total. The van der Waals surface area contributed by atoms with Crippen molar-refractivity contribution in [1.29, 1.82) is 0 Å². The molecule has 3 rings (SSSR count). The Kier molecular flexibility index (Phi) is 6.03. The number of benzene rings is 2. The maximum absolute atomic E-state index is 11.9. The summed E-state index contributed by atoms with van der Waals surface area (Å²) in [6.07, 6.45) is 0.303. The molecule has 0 amide bonds. The molecule has 7 heteroatoms. The van der Waals surface area contributed by atoms with E-state index < -0.39 is 0 Å². The van der Waals surface area contributed by atoms with Crippen LogP contribution in [0.4, 0.5) is 0 Å². The van der Waals surface area contributed by atoms with Crippen LogP contribution >= 0.6 is 0 Å². The Morgan fingerprint density at radius 2 is 1.79 bits per heavy atom. The molecule has 0 spiro atoms. The summed E-state index contributed by atoms with van der Waals surface area (Å²) in [4.78, 5) is 23.2. The molecule has 148 valence electrons. The van der Waals surface area contributed by atoms with Gasteiger partial charge < -0.3 is 23.7 Å². The van der Waals surface area contributed by atoms with Gasteiger partial charge in [-0.15, -0.1) is 0 Å². The van der Waals surface area contributed by atoms with Crippen LogP contribution in [0.3, 0.4) is 0 Å². The van der Waals surface area contributed by atoms with Crippen LogP contribution in [0, 0.1) is 0 Å². The lowest BCUT2D eigenvalue weighted by Crippen LogP contribution is -2.12. The van der Waals surface area contributed by atoms with E-state index in [0.717, 1.165) is 16.7 Å². The van der Waals surface area contributed by atoms with Gasteiger partial charge in [-0.25, -0.2) is 4.79 Å². The molecule has 0 fully saturated rings. The number of hydrogen-bond donors (Lipinski definition) is 0. The van der Waals surface area contributed by atoms with Gasteiger partial charge in [-0.1, -0.05) is 19.1 Å². The van der Waals surface area contributed by atoms with E-state index in [1.165, 1.54) is 14.2 Å². The largest absolute Gasteiger partial charge is 0.493 e. The Balaban J connectivity index is 1.99. The molecule has 0 bridgehead atoms. The number of cyclic esters (lactones) is 1. The predicted molar refractivity (Wildman–Crippen MR) is 101 cm³/mol. The molecule has 0 aromatic heterocycles. The summed E-state index contributed by atoms with van der Waals surface area (Å²) in [7, 11) is 3.06. The molecule has 2 aromatic rings. The molecule has 1 aliphatic heterocycles. The first-order valence-corrected chi connectivity index (χ1v) is 8.93. The lowest BCUT2D eigenvalue weighted by molar-refractivity contribution is -0.143. The van der Waals surface area contributed by atoms with E-state index in [1.807, 2.05) is 12.1 Å². The Bertz CT molecular complexity index is 889. The summed E-state index contributed by atoms with van der Waals surface area (Å²) >= 11 is 0. The first-order valence-electron chi connectivity index (χ1n) is 8.93. The van der Waals surface area contributed by atoms with E-state index in [-0.39, 0.29) is 31.8 Å². The van der Waals surface area contributed by atoms with Gasteiger partial charge in [0, 0.05) is 17.5 Å². The number of rotatable bonds is 8. The van der Waals surface area contributed by atoms with Gasteiger partial charge in [0.15, 0.2) is 11.5 Å². The molecule has 0 atom stereocenters. The van der Waals surface area contributed by atoms with Gasteiger partial charge in [-0.05, 0) is 23.8 Å². The Labute approximate surface area is 163 Å². The van der Waals surface area contributed by atoms with Crippen LogP contribution < -0.4 is 14.2 Å². The maximum atomic E-state index is 11.9. The topological polar surface area (TPSA) is 80.3 Å². The second-order valence-corrected chi connectivity index (χ2v) is 6.01. The van der Waals surface area contributed by atoms with E-state index in [9.17, 15) is 9.59 Å². The van der Waals surface area contributed by atoms with Crippen LogP contribution in [0.2, 0.25) is 0 Å². The molecule has 0 saturated carbocycles. The fourth-order valence-corrected chi connectivity index (χ4v) is 3.06. The van der Waals surface area contributed by atoms with E-state index in [4.69, 9.17) is 23.7 Å². The molecule has 7 nitrogen and oxygen atoms in total. The van der Waals surface area contributed by atoms with Crippen molar-refractivity contribution in [3.05, 3.63) is 41.5 Å². The number of fused-ring (bicyclic) bond motifs is 1. The number of methoxy groups -OCH3 is 2. The molecule has 2 aromatic carbocycles. The van der Waals surface area contributed by atoms with Crippen molar-refractivity contribution in [2.45, 2.75) is 20.0 Å². The van der Waals surface area contributed by atoms with E-state index in [1.54, 1.807) is 25.1 Å². The first-order chi connectivity index (χ1) is 13.6. The highest BCUT2D eigenvalue weighted by Gasteiger charge is 2.27. The average Bonchev–Trinajstić information content (AvgIpc) is 3.11. The molecule has 0 radical (unpaired) electrons. The molecule has 1 aliphatic rings. The third-order valence-corrected chi connectivity index (χ3v) is 4.42. The van der Waals surface area contributed by atoms with Gasteiger partial charge >= 0.3 is 11.9 Å². The second kappa shape index (κ2) is 8.65. The normalized spacial score (nSPS) is 12.2. The lowest BCUT2D eigenvalue weighted by Gasteiger charge is -2.18. The van der Waals surface area contributed by atoms with Crippen LogP contribution in [-0.4, -0.2) is 39.4 Å². The third kappa shape index (κ3) is 3.74. The van der Waals surface area contributed by atoms with Crippen LogP contribution in [-0.2, 0) is 20.9 Å². The summed E-state index contributed by atoms with van der Waals surface area (Å²) in [5, 5.41) is 0. The van der Waals surface area contributed by atoms with Crippen molar-refractivity contribution in [2.24, 2.45) is 0 Å². The maximum Gasteiger partial charge on any atom is 0.338 e. The minimum absolute atomic E-state index is 0.112. The van der Waals surface area contributed by atoms with Gasteiger partial charge in [0.05, 0.1) is 19.8 Å². The number of carbonyl (C=O) groups excluding carboxylic acids is 2. The monoisotopic (exact) mass is 386 g/mol. The smallest absolute Gasteiger partial charge is 0.338 e. The third-order valence-electron chi connectivity index (χ3n) is 4.42. The van der Waals surface area contributed by atoms with Gasteiger partial charge in [-0.3, -0.25) is 4.79 Å². The van der Waals surface area contributed by atoms with Crippen molar-refractivity contribution >= 4 is 11.9 Å². The lowest BCUT2D eigenvalue weighted by atomic mass is 9.95. The zero-order valence-electron chi connectivity index (χ0n) is 16.1. The number of carbonyl (C=O) groups is 2. The second-order valence-electron chi connectivity index (χ2n) is 6.01. The molecule has 28 heavy (non-hydrogen) atoms. The summed E-state index contributed by atoms with van der Waals surface area (Å²) in [6, 6.07) is 9.04. The van der Waals surface area contributed by atoms with Crippen LogP contribution in [0.25, 0.3) is 11.1 Å². The van der Waals surface area contributed by atoms with E-state index in [0.29, 0.717) is 29.2 Å². The molecule has 0 aliphatic carbocycles. The fourth-order valence-electron chi connectivity index (χ4n) is 3.06. The SMILES string of the molecule is CCC(=O)OCCOc1c(-c2cccc3c2COC3=O)ccc(OC)c1OC. The highest BCUT2D eigenvalue weighted by molar-refractivity contribution is 5.96. The van der Waals surface area contributed by atoms with Crippen molar-refractivity contribution in [1.82, 2.24) is 0 Å². The molecule has 0 saturated heterocycles. The van der Waals surface area contributed by atoms with E-state index >= 15 is 0 Å². The van der Waals surface area contributed by atoms with Crippen molar-refractivity contribution in [3.63, 3.8) is 0 Å². The number of hydrogen-bond acceptors (Lipinski definition) is 7. The predicted octanol–water partition coefficient (Wildman–Crippen LogP) is 3.37. The van der Waals surface area contributed by atoms with Gasteiger partial charge in [-0.2, -0.15) is 0 Å². The minimum Gasteiger partial charge on any atom is -0.493 e. The minimum atomic E-state index is -0.341. The van der Waals surface area contributed by atoms with Crippen LogP contribution in [0.5, 0.6) is 17.2 Å². The van der Waals surface area contributed by atoms with Gasteiger partial charge in [0.2, 0.25) is 5.75 Å². The first kappa shape index (κ1) is 19.5. The number of ether oxygens (including phenoxy) is 5. The van der Waals surface area contributed by atoms with Crippen molar-refractivity contribution in [3.8, 4) is 28.4 Å². The summed E-state index contributed by atoms with van der Waals surface area (Å²) < 4.78 is 27.1. The zero-order valence-corrected chi connectivity index (χ0v) is 16.1. The zero-order chi connectivity index (χ0) is 20.1. The molecular weight excluding hydrogens is 364 g/mol. The summed E-state index contributed by atoms with van der Waals surface area (Å²) in [5.74, 6) is 0.739. The molecule has 1 heterocycles. The fraction of sp³-hybridized carbons (Fsp3) is 0.333. The van der Waals surface area contributed by atoms with E-state index in [2.05, 4.69) is 0 Å². The van der Waals surface area contributed by atoms with Gasteiger partial charge in [0.25, 0.3) is 0 Å². The Morgan fingerprint density at radius 1 is 1.00 bits per heavy atom. The van der Waals surface area contributed by atoms with Gasteiger partial charge in [0.1, 0.15) is 19.8 Å². The summed E-state index contributed by atoms with van der Waals surface area (Å²) in [5.41, 5.74) is 2.87. The standard InChI is InChI=1S/C21H22O7/c1-4-18(22)26-10-11-27-19-14(8-9-17(24-2)20(19)25-3)13-6-5-7-15-16(13)12-28-21(15)23/h5-9H,4,10-12H2,1-3H3. The number of esters is 2. The molecule has 0 unspecified atom stereocenters. The highest BCUT2D eigenvalue weighted by Crippen LogP contribution is 2.46. The van der Waals surface area contributed by atoms with Crippen molar-refractivity contribution < 1.29 is 33.3 Å². The quantitative estimate of drug-likeness (QED) is 0.508. The molecular formula is C21H22O7. The van der Waals surface area contributed by atoms with Crippen molar-refractivity contribution in [2.75, 3.05) is 27.4 Å². The van der Waals surface area contributed by atoms with Crippen LogP contribution in [0.1, 0.15) is 29.3 Å².